The molecule has 2 heterocycles. The van der Waals surface area contributed by atoms with E-state index < -0.39 is 17.5 Å². The minimum Gasteiger partial charge on any atom is -0.367 e. The van der Waals surface area contributed by atoms with Crippen LogP contribution in [0.3, 0.4) is 0 Å². The van der Waals surface area contributed by atoms with E-state index in [1.54, 1.807) is 20.8 Å². The number of amides is 1. The summed E-state index contributed by atoms with van der Waals surface area (Å²) in [5.41, 5.74) is 7.43. The van der Waals surface area contributed by atoms with Crippen molar-refractivity contribution in [2.45, 2.75) is 33.7 Å². The number of hydrogen-bond donors (Lipinski definition) is 4. The van der Waals surface area contributed by atoms with Gasteiger partial charge in [0.15, 0.2) is 0 Å². The average Bonchev–Trinajstić information content (AvgIpc) is 2.83. The first-order chi connectivity index (χ1) is 9.81. The fourth-order valence-electron chi connectivity index (χ4n) is 2.06. The number of carbonyl (C=O) groups excluding carboxylic acids is 1. The van der Waals surface area contributed by atoms with Gasteiger partial charge in [0.25, 0.3) is 11.5 Å². The van der Waals surface area contributed by atoms with Gasteiger partial charge in [0.05, 0.1) is 6.04 Å². The zero-order valence-corrected chi connectivity index (χ0v) is 12.4. The van der Waals surface area contributed by atoms with Crippen molar-refractivity contribution >= 4 is 11.9 Å². The third-order valence-electron chi connectivity index (χ3n) is 3.53. The molecule has 0 bridgehead atoms. The summed E-state index contributed by atoms with van der Waals surface area (Å²) in [7, 11) is 0. The van der Waals surface area contributed by atoms with Crippen molar-refractivity contribution in [2.75, 3.05) is 5.73 Å². The Bertz CT molecular complexity index is 746. The van der Waals surface area contributed by atoms with Crippen LogP contribution < -0.4 is 16.6 Å². The van der Waals surface area contributed by atoms with Crippen molar-refractivity contribution in [1.29, 1.82) is 0 Å². The zero-order chi connectivity index (χ0) is 15.7. The summed E-state index contributed by atoms with van der Waals surface area (Å²) in [6.45, 7) is 7.13. The van der Waals surface area contributed by atoms with Crippen LogP contribution in [0, 0.1) is 20.8 Å². The largest absolute Gasteiger partial charge is 0.367 e. The van der Waals surface area contributed by atoms with Crippen LogP contribution in [-0.2, 0) is 0 Å². The summed E-state index contributed by atoms with van der Waals surface area (Å²) in [5.74, 6) is 0.0735. The summed E-state index contributed by atoms with van der Waals surface area (Å²) < 4.78 is 0. The van der Waals surface area contributed by atoms with Crippen LogP contribution >= 0.6 is 0 Å². The number of hydrogen-bond acceptors (Lipinski definition) is 5. The fraction of sp³-hybridized carbons (Fsp3) is 0.385. The second kappa shape index (κ2) is 5.39. The Balaban J connectivity index is 2.29. The molecule has 0 aliphatic rings. The van der Waals surface area contributed by atoms with Crippen molar-refractivity contribution in [3.05, 3.63) is 38.6 Å². The molecule has 2 aromatic rings. The van der Waals surface area contributed by atoms with Crippen LogP contribution in [-0.4, -0.2) is 26.1 Å². The van der Waals surface area contributed by atoms with E-state index in [4.69, 9.17) is 5.73 Å². The lowest BCUT2D eigenvalue weighted by Crippen LogP contribution is -2.33. The standard InChI is InChI=1S/C13H18N6O2/c1-5-6(2)9(11(20)15-7(5)3)12(21)16-8(4)10-17-13(14)19-18-10/h8H,1-4H3,(H,15,20)(H,16,21)(H3,14,17,18,19). The SMILES string of the molecule is Cc1[nH]c(=O)c(C(=O)NC(C)c2nc(N)n[nH]2)c(C)c1C. The van der Waals surface area contributed by atoms with Crippen LogP contribution in [0.1, 0.15) is 46.0 Å². The predicted octanol–water partition coefficient (Wildman–Crippen LogP) is 0.491. The summed E-state index contributed by atoms with van der Waals surface area (Å²) in [6.07, 6.45) is 0. The molecule has 112 valence electrons. The number of nitrogens with one attached hydrogen (secondary N) is 3. The monoisotopic (exact) mass is 290 g/mol. The molecule has 0 fully saturated rings. The van der Waals surface area contributed by atoms with Crippen LogP contribution in [0.2, 0.25) is 0 Å². The number of carbonyl (C=O) groups is 1. The Hall–Kier alpha value is -2.64. The van der Waals surface area contributed by atoms with Crippen LogP contribution in [0.4, 0.5) is 5.95 Å². The number of H-pyrrole nitrogens is 2. The van der Waals surface area contributed by atoms with Gasteiger partial charge in [-0.15, -0.1) is 5.10 Å². The molecule has 2 aromatic heterocycles. The smallest absolute Gasteiger partial charge is 0.261 e. The van der Waals surface area contributed by atoms with E-state index in [1.807, 2.05) is 6.92 Å². The van der Waals surface area contributed by atoms with Gasteiger partial charge in [0, 0.05) is 5.69 Å². The lowest BCUT2D eigenvalue weighted by atomic mass is 10.0. The molecule has 8 heteroatoms. The Labute approximate surface area is 121 Å². The number of nitrogen functional groups attached to an aromatic ring is 1. The maximum Gasteiger partial charge on any atom is 0.261 e. The number of nitrogens with two attached hydrogens (primary N) is 1. The molecular weight excluding hydrogens is 272 g/mol. The minimum atomic E-state index is -0.459. The van der Waals surface area contributed by atoms with Crippen molar-refractivity contribution in [3.8, 4) is 0 Å². The molecule has 0 spiro atoms. The third-order valence-corrected chi connectivity index (χ3v) is 3.53. The number of pyridine rings is 1. The highest BCUT2D eigenvalue weighted by molar-refractivity contribution is 5.95. The highest BCUT2D eigenvalue weighted by Crippen LogP contribution is 2.13. The van der Waals surface area contributed by atoms with Gasteiger partial charge in [0.1, 0.15) is 11.4 Å². The molecule has 1 atom stereocenters. The highest BCUT2D eigenvalue weighted by Gasteiger charge is 2.20. The molecule has 0 saturated heterocycles. The molecule has 5 N–H and O–H groups in total. The number of aryl methyl sites for hydroxylation is 1. The number of rotatable bonds is 3. The van der Waals surface area contributed by atoms with Crippen LogP contribution in [0.5, 0.6) is 0 Å². The second-order valence-corrected chi connectivity index (χ2v) is 4.98. The molecule has 8 nitrogen and oxygen atoms in total. The van der Waals surface area contributed by atoms with Gasteiger partial charge in [0.2, 0.25) is 5.95 Å². The van der Waals surface area contributed by atoms with Gasteiger partial charge >= 0.3 is 0 Å². The number of nitrogens with zero attached hydrogens (tertiary/aromatic N) is 2. The van der Waals surface area contributed by atoms with Crippen LogP contribution in [0.25, 0.3) is 0 Å². The molecule has 0 aromatic carbocycles. The normalized spacial score (nSPS) is 12.2. The van der Waals surface area contributed by atoms with E-state index in [-0.39, 0.29) is 11.5 Å². The van der Waals surface area contributed by atoms with Gasteiger partial charge < -0.3 is 16.0 Å². The van der Waals surface area contributed by atoms with Gasteiger partial charge in [-0.25, -0.2) is 0 Å². The van der Waals surface area contributed by atoms with E-state index in [0.717, 1.165) is 11.3 Å². The lowest BCUT2D eigenvalue weighted by molar-refractivity contribution is 0.0936. The predicted molar refractivity (Wildman–Crippen MR) is 78.0 cm³/mol. The Kier molecular flexibility index (Phi) is 3.79. The van der Waals surface area contributed by atoms with E-state index in [1.165, 1.54) is 0 Å². The molecule has 1 unspecified atom stereocenters. The molecule has 21 heavy (non-hydrogen) atoms. The topological polar surface area (TPSA) is 130 Å². The first-order valence-electron chi connectivity index (χ1n) is 6.50. The fourth-order valence-corrected chi connectivity index (χ4v) is 2.06. The Morgan fingerprint density at radius 1 is 1.29 bits per heavy atom. The van der Waals surface area contributed by atoms with Crippen molar-refractivity contribution in [3.63, 3.8) is 0 Å². The Morgan fingerprint density at radius 2 is 1.95 bits per heavy atom. The van der Waals surface area contributed by atoms with Crippen molar-refractivity contribution in [2.24, 2.45) is 0 Å². The minimum absolute atomic E-state index is 0.103. The maximum absolute atomic E-state index is 12.3. The lowest BCUT2D eigenvalue weighted by Gasteiger charge is -2.14. The Morgan fingerprint density at radius 3 is 2.52 bits per heavy atom. The van der Waals surface area contributed by atoms with Gasteiger partial charge in [-0.3, -0.25) is 14.7 Å². The molecule has 0 aliphatic carbocycles. The third kappa shape index (κ3) is 2.78. The van der Waals surface area contributed by atoms with Crippen molar-refractivity contribution in [1.82, 2.24) is 25.5 Å². The molecule has 0 aliphatic heterocycles. The number of aromatic amines is 2. The first-order valence-corrected chi connectivity index (χ1v) is 6.50. The second-order valence-electron chi connectivity index (χ2n) is 4.98. The maximum atomic E-state index is 12.3. The average molecular weight is 290 g/mol. The molecule has 0 radical (unpaired) electrons. The van der Waals surface area contributed by atoms with Gasteiger partial charge in [-0.05, 0) is 38.8 Å². The van der Waals surface area contributed by atoms with E-state index in [0.29, 0.717) is 11.4 Å². The van der Waals surface area contributed by atoms with Crippen molar-refractivity contribution < 1.29 is 4.79 Å². The van der Waals surface area contributed by atoms with Gasteiger partial charge in [-0.1, -0.05) is 0 Å². The summed E-state index contributed by atoms with van der Waals surface area (Å²) in [5, 5.41) is 9.03. The first kappa shape index (κ1) is 14.8. The number of aromatic nitrogens is 4. The zero-order valence-electron chi connectivity index (χ0n) is 12.4. The summed E-state index contributed by atoms with van der Waals surface area (Å²) >= 11 is 0. The molecule has 2 rings (SSSR count). The molecule has 0 saturated carbocycles. The summed E-state index contributed by atoms with van der Waals surface area (Å²) in [4.78, 5) is 30.9. The van der Waals surface area contributed by atoms with E-state index in [2.05, 4.69) is 25.5 Å². The molecule has 1 amide bonds. The quantitative estimate of drug-likeness (QED) is 0.653. The van der Waals surface area contributed by atoms with E-state index >= 15 is 0 Å². The van der Waals surface area contributed by atoms with Gasteiger partial charge in [-0.2, -0.15) is 4.98 Å². The van der Waals surface area contributed by atoms with Crippen LogP contribution in [0.15, 0.2) is 4.79 Å². The molecular formula is C13H18N6O2. The highest BCUT2D eigenvalue weighted by atomic mass is 16.2. The summed E-state index contributed by atoms with van der Waals surface area (Å²) in [6, 6.07) is -0.442. The number of anilines is 1. The van der Waals surface area contributed by atoms with E-state index in [9.17, 15) is 9.59 Å².